The summed E-state index contributed by atoms with van der Waals surface area (Å²) < 4.78 is 5.60. The molecule has 0 bridgehead atoms. The van der Waals surface area contributed by atoms with Gasteiger partial charge in [-0.05, 0) is 68.5 Å². The molecule has 1 aromatic carbocycles. The molecule has 1 aliphatic rings. The van der Waals surface area contributed by atoms with Crippen molar-refractivity contribution in [3.63, 3.8) is 0 Å². The maximum Gasteiger partial charge on any atom is 0.251 e. The van der Waals surface area contributed by atoms with Crippen LogP contribution >= 0.6 is 0 Å². The second kappa shape index (κ2) is 10.6. The lowest BCUT2D eigenvalue weighted by Crippen LogP contribution is -2.43. The van der Waals surface area contributed by atoms with Crippen LogP contribution in [0, 0.1) is 11.8 Å². The van der Waals surface area contributed by atoms with Crippen LogP contribution in [0.3, 0.4) is 0 Å². The first kappa shape index (κ1) is 22.4. The van der Waals surface area contributed by atoms with Crippen molar-refractivity contribution in [2.75, 3.05) is 24.6 Å². The van der Waals surface area contributed by atoms with Crippen LogP contribution in [0.4, 0.5) is 5.69 Å². The zero-order chi connectivity index (χ0) is 20.7. The number of rotatable bonds is 11. The summed E-state index contributed by atoms with van der Waals surface area (Å²) in [5, 5.41) is 0. The maximum atomic E-state index is 13.1. The van der Waals surface area contributed by atoms with E-state index in [4.69, 9.17) is 4.74 Å². The molecule has 1 heterocycles. The summed E-state index contributed by atoms with van der Waals surface area (Å²) in [6, 6.07) is 6.91. The highest BCUT2D eigenvalue weighted by Gasteiger charge is 2.42. The van der Waals surface area contributed by atoms with Crippen molar-refractivity contribution >= 4 is 17.5 Å². The second-order valence-corrected chi connectivity index (χ2v) is 8.53. The molecule has 0 aliphatic carbocycles. The summed E-state index contributed by atoms with van der Waals surface area (Å²) in [5.74, 6) is 1.69. The van der Waals surface area contributed by atoms with Gasteiger partial charge in [0, 0.05) is 0 Å². The fraction of sp³-hybridized carbons (Fsp3) is 0.652. The summed E-state index contributed by atoms with van der Waals surface area (Å²) in [6.07, 6.45) is 3.26. The third-order valence-corrected chi connectivity index (χ3v) is 5.12. The molecule has 156 valence electrons. The largest absolute Gasteiger partial charge is 0.494 e. The minimum absolute atomic E-state index is 0.0975. The second-order valence-electron chi connectivity index (χ2n) is 8.53. The first-order valence-corrected chi connectivity index (χ1v) is 10.7. The molecule has 0 radical (unpaired) electrons. The Morgan fingerprint density at radius 2 is 1.61 bits per heavy atom. The van der Waals surface area contributed by atoms with E-state index >= 15 is 0 Å². The molecule has 1 aromatic rings. The lowest BCUT2D eigenvalue weighted by atomic mass is 10.1. The predicted octanol–water partition coefficient (Wildman–Crippen LogP) is 4.50. The van der Waals surface area contributed by atoms with Crippen molar-refractivity contribution in [1.29, 1.82) is 0 Å². The van der Waals surface area contributed by atoms with Crippen molar-refractivity contribution < 1.29 is 14.3 Å². The average molecular weight is 389 g/mol. The summed E-state index contributed by atoms with van der Waals surface area (Å²) in [5.41, 5.74) is 0.633. The van der Waals surface area contributed by atoms with Gasteiger partial charge < -0.3 is 4.74 Å². The van der Waals surface area contributed by atoms with Gasteiger partial charge in [-0.3, -0.25) is 14.5 Å². The van der Waals surface area contributed by atoms with Crippen LogP contribution in [0.2, 0.25) is 0 Å². The van der Waals surface area contributed by atoms with E-state index in [1.54, 1.807) is 12.1 Å². The number of amides is 2. The molecule has 5 heteroatoms. The Morgan fingerprint density at radius 1 is 1.04 bits per heavy atom. The molecule has 0 saturated carbocycles. The SMILES string of the molecule is CCCOc1ccc(N2C(=O)C[C@H](N(CCC(C)C)CCC(C)C)C2=O)cc1. The predicted molar refractivity (Wildman–Crippen MR) is 114 cm³/mol. The van der Waals surface area contributed by atoms with Gasteiger partial charge in [-0.15, -0.1) is 0 Å². The number of carbonyl (C=O) groups excluding carboxylic acids is 2. The molecule has 1 saturated heterocycles. The fourth-order valence-electron chi connectivity index (χ4n) is 3.36. The molecule has 5 nitrogen and oxygen atoms in total. The summed E-state index contributed by atoms with van der Waals surface area (Å²) >= 11 is 0. The Morgan fingerprint density at radius 3 is 2.11 bits per heavy atom. The number of anilines is 1. The summed E-state index contributed by atoms with van der Waals surface area (Å²) in [4.78, 5) is 29.4. The molecule has 1 aliphatic heterocycles. The molecule has 0 N–H and O–H groups in total. The van der Waals surface area contributed by atoms with E-state index in [1.807, 2.05) is 12.1 Å². The third kappa shape index (κ3) is 6.06. The normalized spacial score (nSPS) is 17.4. The molecule has 2 amide bonds. The van der Waals surface area contributed by atoms with Gasteiger partial charge in [0.05, 0.1) is 24.8 Å². The van der Waals surface area contributed by atoms with E-state index in [1.165, 1.54) is 4.90 Å². The smallest absolute Gasteiger partial charge is 0.251 e. The minimum Gasteiger partial charge on any atom is -0.494 e. The Bertz CT molecular complexity index is 628. The van der Waals surface area contributed by atoms with E-state index in [2.05, 4.69) is 39.5 Å². The average Bonchev–Trinajstić information content (AvgIpc) is 2.94. The van der Waals surface area contributed by atoms with Crippen LogP contribution in [0.25, 0.3) is 0 Å². The van der Waals surface area contributed by atoms with Crippen LogP contribution in [-0.2, 0) is 9.59 Å². The summed E-state index contributed by atoms with van der Waals surface area (Å²) in [6.45, 7) is 13.2. The number of ether oxygens (including phenoxy) is 1. The fourth-order valence-corrected chi connectivity index (χ4v) is 3.36. The van der Waals surface area contributed by atoms with Crippen LogP contribution in [0.15, 0.2) is 24.3 Å². The van der Waals surface area contributed by atoms with E-state index in [-0.39, 0.29) is 24.3 Å². The van der Waals surface area contributed by atoms with Crippen LogP contribution < -0.4 is 9.64 Å². The zero-order valence-electron chi connectivity index (χ0n) is 18.1. The number of nitrogens with zero attached hydrogens (tertiary/aromatic N) is 2. The molecule has 28 heavy (non-hydrogen) atoms. The summed E-state index contributed by atoms with van der Waals surface area (Å²) in [7, 11) is 0. The first-order chi connectivity index (χ1) is 13.3. The van der Waals surface area contributed by atoms with Gasteiger partial charge in [0.15, 0.2) is 0 Å². The molecule has 0 aromatic heterocycles. The Balaban J connectivity index is 2.12. The lowest BCUT2D eigenvalue weighted by Gasteiger charge is -2.28. The van der Waals surface area contributed by atoms with Crippen molar-refractivity contribution in [3.05, 3.63) is 24.3 Å². The molecule has 2 rings (SSSR count). The molecule has 1 fully saturated rings. The maximum absolute atomic E-state index is 13.1. The molecule has 1 atom stereocenters. The quantitative estimate of drug-likeness (QED) is 0.524. The monoisotopic (exact) mass is 388 g/mol. The molecule has 0 unspecified atom stereocenters. The highest BCUT2D eigenvalue weighted by atomic mass is 16.5. The number of hydrogen-bond donors (Lipinski definition) is 0. The highest BCUT2D eigenvalue weighted by Crippen LogP contribution is 2.28. The minimum atomic E-state index is -0.346. The van der Waals surface area contributed by atoms with Crippen molar-refractivity contribution in [3.8, 4) is 5.75 Å². The topological polar surface area (TPSA) is 49.9 Å². The lowest BCUT2D eigenvalue weighted by molar-refractivity contribution is -0.123. The Labute approximate surface area is 170 Å². The third-order valence-electron chi connectivity index (χ3n) is 5.12. The van der Waals surface area contributed by atoms with Crippen LogP contribution in [-0.4, -0.2) is 42.5 Å². The first-order valence-electron chi connectivity index (χ1n) is 10.7. The standard InChI is InChI=1S/C23H36N2O3/c1-6-15-28-20-9-7-19(8-10-20)25-22(26)16-21(23(25)27)24(13-11-17(2)3)14-12-18(4)5/h7-10,17-18,21H,6,11-16H2,1-5H3/t21-/m0/s1. The van der Waals surface area contributed by atoms with Crippen molar-refractivity contribution in [2.24, 2.45) is 11.8 Å². The number of benzene rings is 1. The van der Waals surface area contributed by atoms with Crippen molar-refractivity contribution in [1.82, 2.24) is 4.90 Å². The number of carbonyl (C=O) groups is 2. The molecule has 0 spiro atoms. The van der Waals surface area contributed by atoms with Gasteiger partial charge in [-0.25, -0.2) is 4.90 Å². The van der Waals surface area contributed by atoms with Gasteiger partial charge in [0.2, 0.25) is 5.91 Å². The Hall–Kier alpha value is -1.88. The number of hydrogen-bond acceptors (Lipinski definition) is 4. The molecular weight excluding hydrogens is 352 g/mol. The van der Waals surface area contributed by atoms with Gasteiger partial charge in [-0.2, -0.15) is 0 Å². The van der Waals surface area contributed by atoms with E-state index < -0.39 is 0 Å². The van der Waals surface area contributed by atoms with Gasteiger partial charge >= 0.3 is 0 Å². The van der Waals surface area contributed by atoms with Gasteiger partial charge in [-0.1, -0.05) is 34.6 Å². The highest BCUT2D eigenvalue weighted by molar-refractivity contribution is 6.22. The van der Waals surface area contributed by atoms with Gasteiger partial charge in [0.25, 0.3) is 5.91 Å². The van der Waals surface area contributed by atoms with E-state index in [9.17, 15) is 9.59 Å². The zero-order valence-corrected chi connectivity index (χ0v) is 18.1. The molecular formula is C23H36N2O3. The van der Waals surface area contributed by atoms with Crippen LogP contribution in [0.5, 0.6) is 5.75 Å². The van der Waals surface area contributed by atoms with Gasteiger partial charge in [0.1, 0.15) is 5.75 Å². The number of imide groups is 1. The van der Waals surface area contributed by atoms with Crippen LogP contribution in [0.1, 0.15) is 60.3 Å². The van der Waals surface area contributed by atoms with E-state index in [0.717, 1.165) is 38.1 Å². The van der Waals surface area contributed by atoms with Crippen molar-refractivity contribution in [2.45, 2.75) is 66.3 Å². The Kier molecular flexibility index (Phi) is 8.49. The van der Waals surface area contributed by atoms with E-state index in [0.29, 0.717) is 24.1 Å².